The normalized spacial score (nSPS) is 48.7. The molecule has 0 aromatic rings. The molecule has 4 atom stereocenters. The Labute approximate surface area is 66.6 Å². The number of carbonyl (C=O) groups excluding carboxylic acids is 1. The lowest BCUT2D eigenvalue weighted by molar-refractivity contribution is -0.124. The van der Waals surface area contributed by atoms with E-state index in [0.717, 1.165) is 12.8 Å². The highest BCUT2D eigenvalue weighted by atomic mass is 16.3. The molecular weight excluding hydrogens is 140 g/mol. The number of ketones is 1. The van der Waals surface area contributed by atoms with Crippen molar-refractivity contribution in [3.05, 3.63) is 0 Å². The highest BCUT2D eigenvalue weighted by Gasteiger charge is 2.49. The van der Waals surface area contributed by atoms with Crippen LogP contribution in [0.3, 0.4) is 0 Å². The lowest BCUT2D eigenvalue weighted by Crippen LogP contribution is -2.28. The highest BCUT2D eigenvalue weighted by Crippen LogP contribution is 2.49. The summed E-state index contributed by atoms with van der Waals surface area (Å²) in [7, 11) is 0. The maximum Gasteiger partial charge on any atom is 0.136 e. The number of rotatable bonds is 1. The van der Waals surface area contributed by atoms with E-state index in [2.05, 4.69) is 6.92 Å². The molecule has 2 rings (SSSR count). The first-order valence-corrected chi connectivity index (χ1v) is 4.37. The summed E-state index contributed by atoms with van der Waals surface area (Å²) >= 11 is 0. The number of hydrogen-bond acceptors (Lipinski definition) is 2. The molecule has 2 aliphatic rings. The average molecular weight is 154 g/mol. The lowest BCUT2D eigenvalue weighted by Gasteiger charge is -2.25. The molecule has 2 saturated carbocycles. The summed E-state index contributed by atoms with van der Waals surface area (Å²) in [6, 6.07) is 0. The Balaban J connectivity index is 2.17. The van der Waals surface area contributed by atoms with E-state index in [0.29, 0.717) is 23.5 Å². The van der Waals surface area contributed by atoms with E-state index >= 15 is 0 Å². The SMILES string of the molecule is C[C@@H]1[C@H](CO)[C@@H]2CC(=O)[C@H]1C2. The van der Waals surface area contributed by atoms with Crippen LogP contribution >= 0.6 is 0 Å². The molecule has 2 nitrogen and oxygen atoms in total. The van der Waals surface area contributed by atoms with Crippen LogP contribution in [-0.4, -0.2) is 17.5 Å². The van der Waals surface area contributed by atoms with Gasteiger partial charge in [-0.25, -0.2) is 0 Å². The summed E-state index contributed by atoms with van der Waals surface area (Å²) in [5.41, 5.74) is 0. The molecule has 2 heteroatoms. The van der Waals surface area contributed by atoms with Crippen LogP contribution < -0.4 is 0 Å². The molecule has 11 heavy (non-hydrogen) atoms. The molecule has 2 bridgehead atoms. The monoisotopic (exact) mass is 154 g/mol. The minimum absolute atomic E-state index is 0.273. The number of fused-ring (bicyclic) bond motifs is 2. The predicted molar refractivity (Wildman–Crippen MR) is 41.0 cm³/mol. The molecule has 0 amide bonds. The van der Waals surface area contributed by atoms with Gasteiger partial charge in [-0.2, -0.15) is 0 Å². The van der Waals surface area contributed by atoms with Crippen LogP contribution in [0, 0.1) is 23.7 Å². The Bertz CT molecular complexity index is 186. The number of aliphatic hydroxyl groups excluding tert-OH is 1. The molecule has 0 spiro atoms. The minimum atomic E-state index is 0.273. The summed E-state index contributed by atoms with van der Waals surface area (Å²) in [5.74, 6) is 2.08. The van der Waals surface area contributed by atoms with E-state index in [9.17, 15) is 4.79 Å². The zero-order chi connectivity index (χ0) is 8.01. The van der Waals surface area contributed by atoms with E-state index in [1.54, 1.807) is 0 Å². The smallest absolute Gasteiger partial charge is 0.136 e. The number of Topliss-reactive ketones (excluding diaryl/α,β-unsaturated/α-hetero) is 1. The first-order chi connectivity index (χ1) is 5.24. The summed E-state index contributed by atoms with van der Waals surface area (Å²) < 4.78 is 0. The largest absolute Gasteiger partial charge is 0.396 e. The van der Waals surface area contributed by atoms with E-state index in [-0.39, 0.29) is 12.5 Å². The van der Waals surface area contributed by atoms with E-state index < -0.39 is 0 Å². The van der Waals surface area contributed by atoms with Crippen LogP contribution in [-0.2, 0) is 4.79 Å². The third-order valence-corrected chi connectivity index (χ3v) is 3.56. The fourth-order valence-electron chi connectivity index (χ4n) is 2.83. The quantitative estimate of drug-likeness (QED) is 0.607. The van der Waals surface area contributed by atoms with Gasteiger partial charge in [0.05, 0.1) is 0 Å². The van der Waals surface area contributed by atoms with Crippen molar-refractivity contribution in [3.8, 4) is 0 Å². The van der Waals surface area contributed by atoms with Crippen LogP contribution in [0.2, 0.25) is 0 Å². The number of aliphatic hydroxyl groups is 1. The molecule has 62 valence electrons. The molecule has 0 radical (unpaired) electrons. The highest BCUT2D eigenvalue weighted by molar-refractivity contribution is 5.84. The number of carbonyl (C=O) groups is 1. The topological polar surface area (TPSA) is 37.3 Å². The van der Waals surface area contributed by atoms with Gasteiger partial charge >= 0.3 is 0 Å². The van der Waals surface area contributed by atoms with Gasteiger partial charge in [0.1, 0.15) is 5.78 Å². The third-order valence-electron chi connectivity index (χ3n) is 3.56. The summed E-state index contributed by atoms with van der Waals surface area (Å²) in [6.45, 7) is 2.37. The Morgan fingerprint density at radius 2 is 2.36 bits per heavy atom. The second kappa shape index (κ2) is 2.31. The molecule has 0 aromatic heterocycles. The molecular formula is C9H14O2. The molecule has 0 aliphatic heterocycles. The Morgan fingerprint density at radius 1 is 1.64 bits per heavy atom. The summed E-state index contributed by atoms with van der Waals surface area (Å²) in [6.07, 6.45) is 1.78. The van der Waals surface area contributed by atoms with Crippen LogP contribution in [0.15, 0.2) is 0 Å². The first kappa shape index (κ1) is 7.29. The second-order valence-electron chi connectivity index (χ2n) is 3.98. The van der Waals surface area contributed by atoms with Gasteiger partial charge in [-0.1, -0.05) is 6.92 Å². The zero-order valence-corrected chi connectivity index (χ0v) is 6.79. The minimum Gasteiger partial charge on any atom is -0.396 e. The van der Waals surface area contributed by atoms with Crippen LogP contribution in [0.1, 0.15) is 19.8 Å². The van der Waals surface area contributed by atoms with Gasteiger partial charge < -0.3 is 5.11 Å². The van der Waals surface area contributed by atoms with Gasteiger partial charge in [0.15, 0.2) is 0 Å². The van der Waals surface area contributed by atoms with Crippen molar-refractivity contribution in [2.24, 2.45) is 23.7 Å². The van der Waals surface area contributed by atoms with Gasteiger partial charge in [-0.05, 0) is 24.2 Å². The molecule has 0 unspecified atom stereocenters. The fourth-order valence-corrected chi connectivity index (χ4v) is 2.83. The van der Waals surface area contributed by atoms with Gasteiger partial charge in [0, 0.05) is 18.9 Å². The van der Waals surface area contributed by atoms with Crippen molar-refractivity contribution < 1.29 is 9.90 Å². The van der Waals surface area contributed by atoms with Crippen LogP contribution in [0.4, 0.5) is 0 Å². The molecule has 0 saturated heterocycles. The third kappa shape index (κ3) is 0.853. The first-order valence-electron chi connectivity index (χ1n) is 4.37. The van der Waals surface area contributed by atoms with Gasteiger partial charge in [0.2, 0.25) is 0 Å². The standard InChI is InChI=1S/C9H14O2/c1-5-7-2-6(3-9(7)11)8(5)4-10/h5-8,10H,2-4H2,1H3/t5-,6-,7-,8-/m0/s1. The van der Waals surface area contributed by atoms with Crippen molar-refractivity contribution >= 4 is 5.78 Å². The van der Waals surface area contributed by atoms with Crippen LogP contribution in [0.25, 0.3) is 0 Å². The summed E-state index contributed by atoms with van der Waals surface area (Å²) in [4.78, 5) is 11.2. The fraction of sp³-hybridized carbons (Fsp3) is 0.889. The number of hydrogen-bond donors (Lipinski definition) is 1. The molecule has 0 aromatic carbocycles. The Hall–Kier alpha value is -0.370. The van der Waals surface area contributed by atoms with Crippen molar-refractivity contribution in [1.82, 2.24) is 0 Å². The second-order valence-corrected chi connectivity index (χ2v) is 3.98. The van der Waals surface area contributed by atoms with E-state index in [4.69, 9.17) is 5.11 Å². The van der Waals surface area contributed by atoms with Gasteiger partial charge in [-0.3, -0.25) is 4.79 Å². The lowest BCUT2D eigenvalue weighted by atomic mass is 9.80. The molecule has 2 fully saturated rings. The van der Waals surface area contributed by atoms with Crippen molar-refractivity contribution in [3.63, 3.8) is 0 Å². The van der Waals surface area contributed by atoms with E-state index in [1.807, 2.05) is 0 Å². The molecule has 0 heterocycles. The predicted octanol–water partition coefficient (Wildman–Crippen LogP) is 0.840. The zero-order valence-electron chi connectivity index (χ0n) is 6.79. The Morgan fingerprint density at radius 3 is 2.82 bits per heavy atom. The molecule has 2 aliphatic carbocycles. The van der Waals surface area contributed by atoms with E-state index in [1.165, 1.54) is 0 Å². The maximum atomic E-state index is 11.2. The van der Waals surface area contributed by atoms with Crippen molar-refractivity contribution in [2.75, 3.05) is 6.61 Å². The van der Waals surface area contributed by atoms with Gasteiger partial charge in [-0.15, -0.1) is 0 Å². The van der Waals surface area contributed by atoms with Crippen molar-refractivity contribution in [1.29, 1.82) is 0 Å². The van der Waals surface area contributed by atoms with Crippen LogP contribution in [0.5, 0.6) is 0 Å². The average Bonchev–Trinajstić information content (AvgIpc) is 2.44. The maximum absolute atomic E-state index is 11.2. The Kier molecular flexibility index (Phi) is 1.53. The molecule has 1 N–H and O–H groups in total. The van der Waals surface area contributed by atoms with Crippen molar-refractivity contribution in [2.45, 2.75) is 19.8 Å². The van der Waals surface area contributed by atoms with Gasteiger partial charge in [0.25, 0.3) is 0 Å². The summed E-state index contributed by atoms with van der Waals surface area (Å²) in [5, 5.41) is 9.03.